The molecule has 0 spiro atoms. The van der Waals surface area contributed by atoms with Gasteiger partial charge in [0.25, 0.3) is 0 Å². The lowest BCUT2D eigenvalue weighted by Gasteiger charge is -2.24. The van der Waals surface area contributed by atoms with Gasteiger partial charge in [0.1, 0.15) is 0 Å². The van der Waals surface area contributed by atoms with Gasteiger partial charge in [0, 0.05) is 0 Å². The van der Waals surface area contributed by atoms with Gasteiger partial charge in [-0.2, -0.15) is 0 Å². The Labute approximate surface area is 334 Å². The van der Waals surface area contributed by atoms with Gasteiger partial charge in [-0.1, -0.05) is 197 Å². The van der Waals surface area contributed by atoms with Crippen LogP contribution in [-0.4, -0.2) is 0 Å². The van der Waals surface area contributed by atoms with Gasteiger partial charge in [0.05, 0.1) is 0 Å². The third kappa shape index (κ3) is 10.0. The molecule has 0 fully saturated rings. The highest BCUT2D eigenvalue weighted by molar-refractivity contribution is 5.93. The van der Waals surface area contributed by atoms with Crippen LogP contribution in [0.5, 0.6) is 0 Å². The van der Waals surface area contributed by atoms with Crippen molar-refractivity contribution in [3.63, 3.8) is 0 Å². The van der Waals surface area contributed by atoms with Gasteiger partial charge in [-0.15, -0.1) is 0 Å². The molecule has 0 bridgehead atoms. The van der Waals surface area contributed by atoms with Crippen LogP contribution in [-0.2, 0) is 10.8 Å². The average Bonchev–Trinajstić information content (AvgIpc) is 3.19. The molecule has 0 unspecified atom stereocenters. The summed E-state index contributed by atoms with van der Waals surface area (Å²) >= 11 is 0. The van der Waals surface area contributed by atoms with Crippen LogP contribution >= 0.6 is 0 Å². The highest BCUT2D eigenvalue weighted by Crippen LogP contribution is 2.36. The second-order valence-corrected chi connectivity index (χ2v) is 17.4. The Morgan fingerprint density at radius 2 is 0.855 bits per heavy atom. The summed E-state index contributed by atoms with van der Waals surface area (Å²) in [5.74, 6) is 0.987. The lowest BCUT2D eigenvalue weighted by molar-refractivity contribution is 0.506. The van der Waals surface area contributed by atoms with E-state index < -0.39 is 0 Å². The second kappa shape index (κ2) is 17.7. The number of rotatable bonds is 12. The smallest absolute Gasteiger partial charge is 0.0105 e. The summed E-state index contributed by atoms with van der Waals surface area (Å²) in [6, 6.07) is 45.8. The van der Waals surface area contributed by atoms with Crippen LogP contribution in [0.2, 0.25) is 0 Å². The van der Waals surface area contributed by atoms with Gasteiger partial charge < -0.3 is 0 Å². The van der Waals surface area contributed by atoms with Crippen molar-refractivity contribution in [1.82, 2.24) is 0 Å². The van der Waals surface area contributed by atoms with Crippen LogP contribution in [0.3, 0.4) is 0 Å². The van der Waals surface area contributed by atoms with Gasteiger partial charge in [0.15, 0.2) is 0 Å². The van der Waals surface area contributed by atoms with Crippen molar-refractivity contribution in [2.45, 2.75) is 112 Å². The molecule has 5 rings (SSSR count). The van der Waals surface area contributed by atoms with Crippen molar-refractivity contribution in [1.29, 1.82) is 0 Å². The molecule has 0 radical (unpaired) electrons. The van der Waals surface area contributed by atoms with E-state index >= 15 is 0 Å². The molecule has 0 aliphatic heterocycles. The van der Waals surface area contributed by atoms with Gasteiger partial charge >= 0.3 is 0 Å². The van der Waals surface area contributed by atoms with Crippen molar-refractivity contribution in [2.75, 3.05) is 0 Å². The molecule has 0 saturated heterocycles. The van der Waals surface area contributed by atoms with E-state index in [1.807, 2.05) is 0 Å². The lowest BCUT2D eigenvalue weighted by Crippen LogP contribution is -2.15. The SMILES string of the molecule is C/C=C(\C=C(/c1ccc(C(C)(C)CC)cc1)c1cccc(C(=C/C)/C=C(\c2ccc(C(C)C)cc2)c2ccc(C(C)(C)C)cc2)c1)c1ccc(C(C)C)cc1. The van der Waals surface area contributed by atoms with Crippen LogP contribution < -0.4 is 0 Å². The van der Waals surface area contributed by atoms with Gasteiger partial charge in [-0.3, -0.25) is 0 Å². The molecule has 0 aliphatic carbocycles. The van der Waals surface area contributed by atoms with E-state index in [9.17, 15) is 0 Å². The van der Waals surface area contributed by atoms with E-state index in [0.29, 0.717) is 11.8 Å². The number of allylic oxidation sites excluding steroid dienone is 6. The largest absolute Gasteiger partial charge is 0.0798 e. The van der Waals surface area contributed by atoms with Crippen molar-refractivity contribution in [2.24, 2.45) is 0 Å². The van der Waals surface area contributed by atoms with Gasteiger partial charge in [0.2, 0.25) is 0 Å². The third-order valence-electron chi connectivity index (χ3n) is 11.5. The predicted molar refractivity (Wildman–Crippen MR) is 244 cm³/mol. The molecule has 0 heteroatoms. The highest BCUT2D eigenvalue weighted by atomic mass is 14.2. The Balaban J connectivity index is 1.65. The van der Waals surface area contributed by atoms with Crippen molar-refractivity contribution in [3.05, 3.63) is 201 Å². The zero-order valence-electron chi connectivity index (χ0n) is 35.7. The first kappa shape index (κ1) is 41.2. The number of benzene rings is 5. The first-order valence-electron chi connectivity index (χ1n) is 20.4. The fourth-order valence-corrected chi connectivity index (χ4v) is 7.07. The Morgan fingerprint density at radius 3 is 1.27 bits per heavy atom. The van der Waals surface area contributed by atoms with E-state index in [2.05, 4.69) is 229 Å². The molecule has 0 amide bonds. The quantitative estimate of drug-likeness (QED) is 0.112. The zero-order valence-corrected chi connectivity index (χ0v) is 35.7. The van der Waals surface area contributed by atoms with Crippen LogP contribution in [0.15, 0.2) is 146 Å². The molecule has 0 aliphatic rings. The second-order valence-electron chi connectivity index (χ2n) is 17.4. The Bertz CT molecular complexity index is 2150. The fraction of sp³-hybridized carbons (Fsp3) is 0.309. The monoisotopic (exact) mass is 725 g/mol. The van der Waals surface area contributed by atoms with E-state index in [1.165, 1.54) is 77.9 Å². The lowest BCUT2D eigenvalue weighted by atomic mass is 9.81. The summed E-state index contributed by atoms with van der Waals surface area (Å²) in [7, 11) is 0. The van der Waals surface area contributed by atoms with E-state index in [0.717, 1.165) is 6.42 Å². The molecule has 0 N–H and O–H groups in total. The predicted octanol–water partition coefficient (Wildman–Crippen LogP) is 16.0. The van der Waals surface area contributed by atoms with Crippen LogP contribution in [0.4, 0.5) is 0 Å². The maximum absolute atomic E-state index is 2.38. The standard InChI is InChI=1S/C55H64/c1-13-40(44-23-19-42(20-24-44)38(4)5)36-53(47-29-33-51(34-30-47)55(11,12)15-3)49-18-16-17-48(35-49)41(14-2)37-52(45-25-21-43(22-26-45)39(6)7)46-27-31-50(32-28-46)54(8,9)10/h13-14,16-39H,15H2,1-12H3/b40-13+,41-14+,52-37+,53-36+. The summed E-state index contributed by atoms with van der Waals surface area (Å²) < 4.78 is 0. The Kier molecular flexibility index (Phi) is 13.3. The summed E-state index contributed by atoms with van der Waals surface area (Å²) in [6.07, 6.45) is 10.4. The molecular weight excluding hydrogens is 661 g/mol. The summed E-state index contributed by atoms with van der Waals surface area (Å²) in [5, 5.41) is 0. The van der Waals surface area contributed by atoms with Crippen molar-refractivity contribution >= 4 is 22.3 Å². The minimum Gasteiger partial charge on any atom is -0.0798 e. The Hall–Kier alpha value is -4.94. The summed E-state index contributed by atoms with van der Waals surface area (Å²) in [4.78, 5) is 0. The molecular formula is C55H64. The molecule has 5 aromatic rings. The topological polar surface area (TPSA) is 0 Å². The van der Waals surface area contributed by atoms with Crippen LogP contribution in [0.25, 0.3) is 22.3 Å². The molecule has 5 aromatic carbocycles. The molecule has 0 atom stereocenters. The molecule has 0 saturated carbocycles. The van der Waals surface area contributed by atoms with E-state index in [-0.39, 0.29) is 10.8 Å². The normalized spacial score (nSPS) is 13.6. The maximum Gasteiger partial charge on any atom is -0.0105 e. The molecule has 0 heterocycles. The summed E-state index contributed by atoms with van der Waals surface area (Å²) in [6.45, 7) is 27.1. The fourth-order valence-electron chi connectivity index (χ4n) is 7.07. The first-order valence-corrected chi connectivity index (χ1v) is 20.4. The minimum absolute atomic E-state index is 0.0956. The average molecular weight is 725 g/mol. The number of hydrogen-bond acceptors (Lipinski definition) is 0. The van der Waals surface area contributed by atoms with Gasteiger partial charge in [-0.25, -0.2) is 0 Å². The highest BCUT2D eigenvalue weighted by Gasteiger charge is 2.19. The Morgan fingerprint density at radius 1 is 0.473 bits per heavy atom. The minimum atomic E-state index is 0.0956. The van der Waals surface area contributed by atoms with Gasteiger partial charge in [-0.05, 0) is 139 Å². The van der Waals surface area contributed by atoms with Crippen molar-refractivity contribution in [3.8, 4) is 0 Å². The number of hydrogen-bond donors (Lipinski definition) is 0. The molecule has 0 aromatic heterocycles. The van der Waals surface area contributed by atoms with Crippen LogP contribution in [0.1, 0.15) is 157 Å². The first-order chi connectivity index (χ1) is 26.1. The molecule has 55 heavy (non-hydrogen) atoms. The molecule has 0 nitrogen and oxygen atoms in total. The summed E-state index contributed by atoms with van der Waals surface area (Å²) in [5.41, 5.74) is 17.8. The maximum atomic E-state index is 2.38. The van der Waals surface area contributed by atoms with E-state index in [1.54, 1.807) is 0 Å². The zero-order chi connectivity index (χ0) is 39.9. The van der Waals surface area contributed by atoms with Crippen molar-refractivity contribution < 1.29 is 0 Å². The van der Waals surface area contributed by atoms with Crippen LogP contribution in [0, 0.1) is 0 Å². The van der Waals surface area contributed by atoms with E-state index in [4.69, 9.17) is 0 Å². The molecule has 284 valence electrons. The third-order valence-corrected chi connectivity index (χ3v) is 11.5.